The first kappa shape index (κ1) is 14.1. The van der Waals surface area contributed by atoms with E-state index in [0.717, 1.165) is 38.4 Å². The third kappa shape index (κ3) is 3.01. The number of sulfone groups is 1. The second-order valence-electron chi connectivity index (χ2n) is 4.88. The van der Waals surface area contributed by atoms with Crippen LogP contribution in [0.2, 0.25) is 0 Å². The Morgan fingerprint density at radius 3 is 2.37 bits per heavy atom. The van der Waals surface area contributed by atoms with Gasteiger partial charge in [0.05, 0.1) is 16.3 Å². The highest BCUT2D eigenvalue weighted by Gasteiger charge is 2.21. The lowest BCUT2D eigenvalue weighted by molar-refractivity contribution is 0.271. The summed E-state index contributed by atoms with van der Waals surface area (Å²) < 4.78 is 23.4. The highest BCUT2D eigenvalue weighted by molar-refractivity contribution is 7.90. The summed E-state index contributed by atoms with van der Waals surface area (Å²) in [6.07, 6.45) is 1.19. The first-order valence-electron chi connectivity index (χ1n) is 6.49. The first-order chi connectivity index (χ1) is 8.93. The summed E-state index contributed by atoms with van der Waals surface area (Å²) in [6.45, 7) is 6.93. The topological polar surface area (TPSA) is 66.6 Å². The lowest BCUT2D eigenvalue weighted by Crippen LogP contribution is -2.46. The molecule has 5 nitrogen and oxygen atoms in total. The molecule has 0 aromatic heterocycles. The van der Waals surface area contributed by atoms with Crippen molar-refractivity contribution in [3.8, 4) is 0 Å². The molecule has 0 saturated carbocycles. The highest BCUT2D eigenvalue weighted by Crippen LogP contribution is 2.30. The minimum absolute atomic E-state index is 0.225. The molecule has 1 heterocycles. The Morgan fingerprint density at radius 2 is 1.84 bits per heavy atom. The van der Waals surface area contributed by atoms with E-state index in [9.17, 15) is 8.42 Å². The molecule has 0 amide bonds. The summed E-state index contributed by atoms with van der Waals surface area (Å²) in [5, 5.41) is 0. The Kier molecular flexibility index (Phi) is 4.01. The molecule has 1 aliphatic rings. The third-order valence-corrected chi connectivity index (χ3v) is 4.76. The zero-order valence-electron chi connectivity index (χ0n) is 11.5. The normalized spacial score (nSPS) is 17.7. The number of para-hydroxylation sites is 1. The molecule has 1 fully saturated rings. The predicted molar refractivity (Wildman–Crippen MR) is 78.3 cm³/mol. The molecular weight excluding hydrogens is 262 g/mol. The van der Waals surface area contributed by atoms with Crippen molar-refractivity contribution in [1.82, 2.24) is 4.90 Å². The van der Waals surface area contributed by atoms with Crippen molar-refractivity contribution in [2.45, 2.75) is 11.8 Å². The van der Waals surface area contributed by atoms with Crippen LogP contribution in [0.15, 0.2) is 23.1 Å². The van der Waals surface area contributed by atoms with Crippen LogP contribution < -0.4 is 10.6 Å². The number of anilines is 2. The number of hydrogen-bond donors (Lipinski definition) is 1. The van der Waals surface area contributed by atoms with E-state index < -0.39 is 9.84 Å². The van der Waals surface area contributed by atoms with Crippen molar-refractivity contribution < 1.29 is 8.42 Å². The van der Waals surface area contributed by atoms with E-state index in [1.165, 1.54) is 6.26 Å². The molecule has 0 bridgehead atoms. The number of piperazine rings is 1. The fourth-order valence-corrected chi connectivity index (χ4v) is 3.27. The summed E-state index contributed by atoms with van der Waals surface area (Å²) in [6, 6.07) is 5.22. The predicted octanol–water partition coefficient (Wildman–Crippen LogP) is 0.814. The second-order valence-corrected chi connectivity index (χ2v) is 6.87. The number of likely N-dealkylation sites (N-methyl/N-ethyl adjacent to an activating group) is 1. The van der Waals surface area contributed by atoms with Crippen LogP contribution in [-0.2, 0) is 9.84 Å². The third-order valence-electron chi connectivity index (χ3n) is 3.60. The number of nitrogen functional groups attached to an aromatic ring is 1. The van der Waals surface area contributed by atoms with Crippen LogP contribution in [0.25, 0.3) is 0 Å². The monoisotopic (exact) mass is 283 g/mol. The van der Waals surface area contributed by atoms with E-state index in [2.05, 4.69) is 16.7 Å². The largest absolute Gasteiger partial charge is 0.396 e. The first-order valence-corrected chi connectivity index (χ1v) is 8.38. The fourth-order valence-electron chi connectivity index (χ4n) is 2.44. The quantitative estimate of drug-likeness (QED) is 0.832. The van der Waals surface area contributed by atoms with Crippen LogP contribution in [0.5, 0.6) is 0 Å². The second kappa shape index (κ2) is 5.38. The van der Waals surface area contributed by atoms with Crippen LogP contribution in [0.4, 0.5) is 11.4 Å². The molecule has 1 aromatic carbocycles. The standard InChI is InChI=1S/C13H21N3O2S/c1-3-15-7-9-16(10-8-15)11-5-4-6-12(13(11)14)19(2,17)18/h4-6H,3,7-10,14H2,1-2H3. The van der Waals surface area contributed by atoms with Crippen LogP contribution >= 0.6 is 0 Å². The molecule has 19 heavy (non-hydrogen) atoms. The van der Waals surface area contributed by atoms with Gasteiger partial charge in [0.2, 0.25) is 0 Å². The van der Waals surface area contributed by atoms with Crippen LogP contribution in [0, 0.1) is 0 Å². The average Bonchev–Trinajstić information content (AvgIpc) is 2.38. The van der Waals surface area contributed by atoms with E-state index in [1.807, 2.05) is 6.07 Å². The van der Waals surface area contributed by atoms with Gasteiger partial charge in [0, 0.05) is 32.4 Å². The maximum absolute atomic E-state index is 11.7. The highest BCUT2D eigenvalue weighted by atomic mass is 32.2. The van der Waals surface area contributed by atoms with E-state index in [0.29, 0.717) is 5.69 Å². The van der Waals surface area contributed by atoms with E-state index in [1.54, 1.807) is 12.1 Å². The lowest BCUT2D eigenvalue weighted by atomic mass is 10.2. The minimum Gasteiger partial charge on any atom is -0.396 e. The van der Waals surface area contributed by atoms with Crippen LogP contribution in [0.1, 0.15) is 6.92 Å². The molecule has 1 aromatic rings. The molecule has 6 heteroatoms. The molecule has 1 saturated heterocycles. The molecular formula is C13H21N3O2S. The Morgan fingerprint density at radius 1 is 1.21 bits per heavy atom. The maximum Gasteiger partial charge on any atom is 0.177 e. The molecule has 1 aliphatic heterocycles. The van der Waals surface area contributed by atoms with Gasteiger partial charge in [-0.25, -0.2) is 8.42 Å². The van der Waals surface area contributed by atoms with Gasteiger partial charge in [-0.2, -0.15) is 0 Å². The Bertz CT molecular complexity index is 549. The SMILES string of the molecule is CCN1CCN(c2cccc(S(C)(=O)=O)c2N)CC1. The molecule has 2 rings (SSSR count). The molecule has 0 spiro atoms. The van der Waals surface area contributed by atoms with Crippen molar-refractivity contribution >= 4 is 21.2 Å². The Labute approximate surface area is 114 Å². The fraction of sp³-hybridized carbons (Fsp3) is 0.538. The maximum atomic E-state index is 11.7. The zero-order valence-corrected chi connectivity index (χ0v) is 12.3. The van der Waals surface area contributed by atoms with Crippen LogP contribution in [0.3, 0.4) is 0 Å². The van der Waals surface area contributed by atoms with Crippen molar-refractivity contribution in [2.75, 3.05) is 49.6 Å². The smallest absolute Gasteiger partial charge is 0.177 e. The summed E-state index contributed by atoms with van der Waals surface area (Å²) in [5.74, 6) is 0. The lowest BCUT2D eigenvalue weighted by Gasteiger charge is -2.36. The van der Waals surface area contributed by atoms with Gasteiger partial charge in [-0.1, -0.05) is 13.0 Å². The van der Waals surface area contributed by atoms with Crippen molar-refractivity contribution in [3.63, 3.8) is 0 Å². The molecule has 106 valence electrons. The van der Waals surface area contributed by atoms with Gasteiger partial charge < -0.3 is 15.5 Å². The Hall–Kier alpha value is -1.27. The van der Waals surface area contributed by atoms with Crippen molar-refractivity contribution in [1.29, 1.82) is 0 Å². The minimum atomic E-state index is -3.27. The molecule has 0 aliphatic carbocycles. The molecule has 2 N–H and O–H groups in total. The summed E-state index contributed by atoms with van der Waals surface area (Å²) in [4.78, 5) is 4.76. The van der Waals surface area contributed by atoms with Gasteiger partial charge in [-0.15, -0.1) is 0 Å². The van der Waals surface area contributed by atoms with E-state index >= 15 is 0 Å². The van der Waals surface area contributed by atoms with Gasteiger partial charge in [0.1, 0.15) is 0 Å². The van der Waals surface area contributed by atoms with Gasteiger partial charge in [-0.05, 0) is 18.7 Å². The molecule has 0 radical (unpaired) electrons. The average molecular weight is 283 g/mol. The molecule has 0 unspecified atom stereocenters. The van der Waals surface area contributed by atoms with E-state index in [-0.39, 0.29) is 4.90 Å². The van der Waals surface area contributed by atoms with Crippen LogP contribution in [-0.4, -0.2) is 52.3 Å². The number of nitrogens with zero attached hydrogens (tertiary/aromatic N) is 2. The Balaban J connectivity index is 2.27. The number of benzene rings is 1. The van der Waals surface area contributed by atoms with Gasteiger partial charge >= 0.3 is 0 Å². The van der Waals surface area contributed by atoms with Gasteiger partial charge in [0.15, 0.2) is 9.84 Å². The van der Waals surface area contributed by atoms with E-state index in [4.69, 9.17) is 5.73 Å². The summed E-state index contributed by atoms with van der Waals surface area (Å²) in [5.41, 5.74) is 7.24. The summed E-state index contributed by atoms with van der Waals surface area (Å²) in [7, 11) is -3.27. The summed E-state index contributed by atoms with van der Waals surface area (Å²) >= 11 is 0. The van der Waals surface area contributed by atoms with Gasteiger partial charge in [0.25, 0.3) is 0 Å². The number of rotatable bonds is 3. The molecule has 0 atom stereocenters. The van der Waals surface area contributed by atoms with Crippen molar-refractivity contribution in [2.24, 2.45) is 0 Å². The number of hydrogen-bond acceptors (Lipinski definition) is 5. The zero-order chi connectivity index (χ0) is 14.0. The van der Waals surface area contributed by atoms with Gasteiger partial charge in [-0.3, -0.25) is 0 Å². The van der Waals surface area contributed by atoms with Crippen molar-refractivity contribution in [3.05, 3.63) is 18.2 Å². The number of nitrogens with two attached hydrogens (primary N) is 1.